The predicted molar refractivity (Wildman–Crippen MR) is 104 cm³/mol. The van der Waals surface area contributed by atoms with Crippen LogP contribution >= 0.6 is 0 Å². The number of carbonyl (C=O) groups excluding carboxylic acids is 1. The molecule has 0 radical (unpaired) electrons. The number of amides is 1. The lowest BCUT2D eigenvalue weighted by atomic mass is 10.1. The van der Waals surface area contributed by atoms with Crippen molar-refractivity contribution < 1.29 is 13.2 Å². The second kappa shape index (κ2) is 8.37. The highest BCUT2D eigenvalue weighted by molar-refractivity contribution is 7.89. The molecule has 0 atom stereocenters. The van der Waals surface area contributed by atoms with Crippen LogP contribution < -0.4 is 10.2 Å². The first-order valence-electron chi connectivity index (χ1n) is 8.91. The number of rotatable bonds is 6. The van der Waals surface area contributed by atoms with Gasteiger partial charge in [-0.2, -0.15) is 0 Å². The lowest BCUT2D eigenvalue weighted by Crippen LogP contribution is -2.45. The Morgan fingerprint density at radius 1 is 1.19 bits per heavy atom. The van der Waals surface area contributed by atoms with E-state index in [4.69, 9.17) is 0 Å². The highest BCUT2D eigenvalue weighted by Gasteiger charge is 2.27. The van der Waals surface area contributed by atoms with Crippen molar-refractivity contribution in [3.05, 3.63) is 23.8 Å². The first kappa shape index (κ1) is 20.7. The van der Waals surface area contributed by atoms with E-state index >= 15 is 0 Å². The van der Waals surface area contributed by atoms with Gasteiger partial charge in [0.2, 0.25) is 10.0 Å². The molecule has 1 aliphatic heterocycles. The monoisotopic (exact) mass is 382 g/mol. The summed E-state index contributed by atoms with van der Waals surface area (Å²) in [5.41, 5.74) is 1.02. The molecule has 1 amide bonds. The van der Waals surface area contributed by atoms with Crippen LogP contribution in [0, 0.1) is 5.92 Å². The van der Waals surface area contributed by atoms with Crippen LogP contribution in [0.15, 0.2) is 23.1 Å². The van der Waals surface area contributed by atoms with Crippen LogP contribution in [-0.2, 0) is 10.0 Å². The highest BCUT2D eigenvalue weighted by Crippen LogP contribution is 2.29. The first-order valence-corrected chi connectivity index (χ1v) is 10.3. The molecule has 8 heteroatoms. The molecule has 1 aliphatic rings. The summed E-state index contributed by atoms with van der Waals surface area (Å²) < 4.78 is 26.9. The molecule has 1 fully saturated rings. The van der Waals surface area contributed by atoms with Gasteiger partial charge in [0.1, 0.15) is 4.90 Å². The number of nitrogens with one attached hydrogen (secondary N) is 1. The summed E-state index contributed by atoms with van der Waals surface area (Å²) >= 11 is 0. The van der Waals surface area contributed by atoms with Crippen molar-refractivity contribution in [2.24, 2.45) is 5.92 Å². The van der Waals surface area contributed by atoms with E-state index in [1.807, 2.05) is 13.8 Å². The molecule has 0 saturated carbocycles. The zero-order valence-electron chi connectivity index (χ0n) is 16.3. The van der Waals surface area contributed by atoms with E-state index in [-0.39, 0.29) is 10.8 Å². The molecule has 0 aliphatic carbocycles. The Kier molecular flexibility index (Phi) is 6.65. The third kappa shape index (κ3) is 4.75. The molecular weight excluding hydrogens is 352 g/mol. The summed E-state index contributed by atoms with van der Waals surface area (Å²) in [7, 11) is 1.41. The van der Waals surface area contributed by atoms with Gasteiger partial charge in [0, 0.05) is 52.4 Å². The maximum absolute atomic E-state index is 12.9. The van der Waals surface area contributed by atoms with Gasteiger partial charge in [-0.1, -0.05) is 13.8 Å². The average Bonchev–Trinajstić information content (AvgIpc) is 2.59. The number of carbonyl (C=O) groups is 1. The minimum absolute atomic E-state index is 0.184. The van der Waals surface area contributed by atoms with Gasteiger partial charge in [0.25, 0.3) is 5.91 Å². The maximum Gasteiger partial charge on any atom is 0.251 e. The molecule has 1 aromatic rings. The van der Waals surface area contributed by atoms with Crippen molar-refractivity contribution in [2.45, 2.75) is 18.7 Å². The van der Waals surface area contributed by atoms with Crippen molar-refractivity contribution in [3.63, 3.8) is 0 Å². The van der Waals surface area contributed by atoms with Gasteiger partial charge in [0.05, 0.1) is 5.69 Å². The molecule has 2 rings (SSSR count). The Labute approximate surface area is 157 Å². The molecule has 1 N–H and O–H groups in total. The van der Waals surface area contributed by atoms with E-state index in [0.717, 1.165) is 26.2 Å². The summed E-state index contributed by atoms with van der Waals surface area (Å²) in [4.78, 5) is 16.9. The summed E-state index contributed by atoms with van der Waals surface area (Å²) in [6, 6.07) is 4.96. The smallest absolute Gasteiger partial charge is 0.251 e. The molecule has 1 aromatic carbocycles. The van der Waals surface area contributed by atoms with Crippen molar-refractivity contribution in [1.82, 2.24) is 14.5 Å². The van der Waals surface area contributed by atoms with Crippen LogP contribution in [0.4, 0.5) is 5.69 Å². The van der Waals surface area contributed by atoms with E-state index in [1.165, 1.54) is 24.5 Å². The first-order chi connectivity index (χ1) is 12.1. The maximum atomic E-state index is 12.9. The van der Waals surface area contributed by atoms with Crippen molar-refractivity contribution in [1.29, 1.82) is 0 Å². The zero-order valence-corrected chi connectivity index (χ0v) is 17.1. The summed E-state index contributed by atoms with van der Waals surface area (Å²) in [5, 5.41) is 2.84. The van der Waals surface area contributed by atoms with Crippen LogP contribution in [0.1, 0.15) is 24.2 Å². The van der Waals surface area contributed by atoms with Gasteiger partial charge in [-0.25, -0.2) is 12.7 Å². The third-order valence-electron chi connectivity index (χ3n) is 4.50. The van der Waals surface area contributed by atoms with Gasteiger partial charge < -0.3 is 15.1 Å². The number of hydrogen-bond donors (Lipinski definition) is 1. The van der Waals surface area contributed by atoms with Crippen LogP contribution in [0.3, 0.4) is 0 Å². The largest absolute Gasteiger partial charge is 0.368 e. The fraction of sp³-hybridized carbons (Fsp3) is 0.611. The second-order valence-corrected chi connectivity index (χ2v) is 9.48. The third-order valence-corrected chi connectivity index (χ3v) is 6.34. The second-order valence-electron chi connectivity index (χ2n) is 7.36. The summed E-state index contributed by atoms with van der Waals surface area (Å²) in [6.45, 7) is 7.83. The quantitative estimate of drug-likeness (QED) is 0.797. The fourth-order valence-corrected chi connectivity index (χ4v) is 3.90. The molecule has 0 aromatic heterocycles. The lowest BCUT2D eigenvalue weighted by Gasteiger charge is -2.35. The molecule has 0 bridgehead atoms. The average molecular weight is 383 g/mol. The number of sulfonamides is 1. The number of hydrogen-bond acceptors (Lipinski definition) is 5. The normalized spacial score (nSPS) is 16.3. The van der Waals surface area contributed by atoms with Crippen LogP contribution in [0.2, 0.25) is 0 Å². The molecule has 7 nitrogen and oxygen atoms in total. The minimum Gasteiger partial charge on any atom is -0.368 e. The highest BCUT2D eigenvalue weighted by atomic mass is 32.2. The number of anilines is 1. The summed E-state index contributed by atoms with van der Waals surface area (Å²) in [5.74, 6) is 0.0763. The molecule has 26 heavy (non-hydrogen) atoms. The van der Waals surface area contributed by atoms with Crippen molar-refractivity contribution in [2.75, 3.05) is 58.8 Å². The number of nitrogens with zero attached hydrogens (tertiary/aromatic N) is 3. The minimum atomic E-state index is -3.66. The van der Waals surface area contributed by atoms with E-state index < -0.39 is 10.0 Å². The Morgan fingerprint density at radius 2 is 1.81 bits per heavy atom. The SMILES string of the molecule is CC(C)CNC(=O)c1ccc(N2CCN(C)CC2)c(S(=O)(=O)N(C)C)c1. The molecule has 0 spiro atoms. The van der Waals surface area contributed by atoms with Gasteiger partial charge in [-0.3, -0.25) is 4.79 Å². The Balaban J connectivity index is 2.41. The lowest BCUT2D eigenvalue weighted by molar-refractivity contribution is 0.0949. The Morgan fingerprint density at radius 3 is 2.35 bits per heavy atom. The van der Waals surface area contributed by atoms with Crippen LogP contribution in [0.25, 0.3) is 0 Å². The molecule has 0 unspecified atom stereocenters. The van der Waals surface area contributed by atoms with Crippen molar-refractivity contribution >= 4 is 21.6 Å². The van der Waals surface area contributed by atoms with Gasteiger partial charge >= 0.3 is 0 Å². The van der Waals surface area contributed by atoms with E-state index in [9.17, 15) is 13.2 Å². The topological polar surface area (TPSA) is 73.0 Å². The standard InChI is InChI=1S/C18H30N4O3S/c1-14(2)13-19-18(23)15-6-7-16(22-10-8-21(5)9-11-22)17(12-15)26(24,25)20(3)4/h6-7,12,14H,8-11,13H2,1-5H3,(H,19,23). The van der Waals surface area contributed by atoms with Crippen LogP contribution in [0.5, 0.6) is 0 Å². The Bertz CT molecular complexity index is 739. The molecule has 146 valence electrons. The van der Waals surface area contributed by atoms with E-state index in [2.05, 4.69) is 22.2 Å². The fourth-order valence-electron chi connectivity index (χ4n) is 2.77. The predicted octanol–water partition coefficient (Wildman–Crippen LogP) is 1.07. The van der Waals surface area contributed by atoms with Gasteiger partial charge in [-0.05, 0) is 31.2 Å². The summed E-state index contributed by atoms with van der Waals surface area (Å²) in [6.07, 6.45) is 0. The number of benzene rings is 1. The van der Waals surface area contributed by atoms with E-state index in [0.29, 0.717) is 23.7 Å². The Hall–Kier alpha value is -1.64. The van der Waals surface area contributed by atoms with Gasteiger partial charge in [0.15, 0.2) is 0 Å². The van der Waals surface area contributed by atoms with Crippen LogP contribution in [-0.4, -0.2) is 77.4 Å². The molecule has 1 saturated heterocycles. The number of likely N-dealkylation sites (N-methyl/N-ethyl adjacent to an activating group) is 1. The van der Waals surface area contributed by atoms with Gasteiger partial charge in [-0.15, -0.1) is 0 Å². The molecular formula is C18H30N4O3S. The molecule has 1 heterocycles. The zero-order chi connectivity index (χ0) is 19.5. The van der Waals surface area contributed by atoms with E-state index in [1.54, 1.807) is 12.1 Å². The number of piperazine rings is 1. The van der Waals surface area contributed by atoms with Crippen molar-refractivity contribution in [3.8, 4) is 0 Å².